The summed E-state index contributed by atoms with van der Waals surface area (Å²) in [5.41, 5.74) is -1.45. The van der Waals surface area contributed by atoms with Gasteiger partial charge >= 0.3 is 6.18 Å². The lowest BCUT2D eigenvalue weighted by atomic mass is 10.1. The molecule has 0 aromatic heterocycles. The highest BCUT2D eigenvalue weighted by molar-refractivity contribution is 5.10. The Morgan fingerprint density at radius 3 is 2.56 bits per heavy atom. The summed E-state index contributed by atoms with van der Waals surface area (Å²) < 4.78 is 38.6. The summed E-state index contributed by atoms with van der Waals surface area (Å²) in [5, 5.41) is 3.21. The van der Waals surface area contributed by atoms with Gasteiger partial charge in [0.1, 0.15) is 5.54 Å². The Balaban J connectivity index is 1.89. The fraction of sp³-hybridized carbons (Fsp3) is 1.00. The molecule has 1 unspecified atom stereocenters. The van der Waals surface area contributed by atoms with E-state index in [-0.39, 0.29) is 0 Å². The fourth-order valence-corrected chi connectivity index (χ4v) is 2.63. The maximum Gasteiger partial charge on any atom is 0.406 e. The molecule has 0 bridgehead atoms. The Kier molecular flexibility index (Phi) is 3.18. The van der Waals surface area contributed by atoms with Gasteiger partial charge in [-0.2, -0.15) is 13.2 Å². The molecule has 1 heterocycles. The lowest BCUT2D eigenvalue weighted by Crippen LogP contribution is -2.47. The summed E-state index contributed by atoms with van der Waals surface area (Å²) in [6.07, 6.45) is -2.56. The zero-order valence-electron chi connectivity index (χ0n) is 9.61. The van der Waals surface area contributed by atoms with Gasteiger partial charge in [-0.15, -0.1) is 0 Å². The first-order valence-electron chi connectivity index (χ1n) is 6.02. The molecule has 0 aromatic rings. The van der Waals surface area contributed by atoms with Gasteiger partial charge < -0.3 is 5.32 Å². The molecule has 0 spiro atoms. The molecule has 16 heavy (non-hydrogen) atoms. The van der Waals surface area contributed by atoms with E-state index in [2.05, 4.69) is 5.32 Å². The highest BCUT2D eigenvalue weighted by atomic mass is 19.4. The largest absolute Gasteiger partial charge is 0.406 e. The number of alkyl halides is 3. The summed E-state index contributed by atoms with van der Waals surface area (Å²) >= 11 is 0. The van der Waals surface area contributed by atoms with Crippen LogP contribution in [0.1, 0.15) is 26.2 Å². The van der Waals surface area contributed by atoms with Crippen LogP contribution in [-0.4, -0.2) is 42.8 Å². The second-order valence-electron chi connectivity index (χ2n) is 4.94. The van der Waals surface area contributed by atoms with Crippen molar-refractivity contribution in [1.82, 2.24) is 10.2 Å². The van der Waals surface area contributed by atoms with Crippen molar-refractivity contribution in [2.24, 2.45) is 5.92 Å². The Morgan fingerprint density at radius 2 is 2.06 bits per heavy atom. The Bertz CT molecular complexity index is 248. The van der Waals surface area contributed by atoms with Crippen molar-refractivity contribution in [3.05, 3.63) is 0 Å². The van der Waals surface area contributed by atoms with Gasteiger partial charge in [0.05, 0.1) is 0 Å². The SMILES string of the molecule is CCNCC1CCN(C2(C(F)(F)F)CC2)C1. The van der Waals surface area contributed by atoms with Crippen molar-refractivity contribution in [1.29, 1.82) is 0 Å². The van der Waals surface area contributed by atoms with E-state index in [1.54, 1.807) is 4.90 Å². The number of halogens is 3. The Morgan fingerprint density at radius 1 is 1.38 bits per heavy atom. The highest BCUT2D eigenvalue weighted by Crippen LogP contribution is 2.54. The Hall–Kier alpha value is -0.290. The van der Waals surface area contributed by atoms with Crippen LogP contribution in [0.5, 0.6) is 0 Å². The molecular formula is C11H19F3N2. The molecule has 2 fully saturated rings. The van der Waals surface area contributed by atoms with E-state index >= 15 is 0 Å². The predicted octanol–water partition coefficient (Wildman–Crippen LogP) is 2.01. The van der Waals surface area contributed by atoms with Gasteiger partial charge in [-0.3, -0.25) is 4.90 Å². The van der Waals surface area contributed by atoms with Crippen LogP contribution in [0.4, 0.5) is 13.2 Å². The highest BCUT2D eigenvalue weighted by Gasteiger charge is 2.67. The van der Waals surface area contributed by atoms with Crippen LogP contribution in [0, 0.1) is 5.92 Å². The normalized spacial score (nSPS) is 29.6. The van der Waals surface area contributed by atoms with Crippen LogP contribution in [0.3, 0.4) is 0 Å². The molecule has 1 aliphatic carbocycles. The molecule has 2 aliphatic rings. The number of rotatable bonds is 4. The van der Waals surface area contributed by atoms with E-state index in [4.69, 9.17) is 0 Å². The molecule has 1 saturated heterocycles. The second-order valence-corrected chi connectivity index (χ2v) is 4.94. The minimum Gasteiger partial charge on any atom is -0.317 e. The van der Waals surface area contributed by atoms with E-state index in [1.807, 2.05) is 6.92 Å². The van der Waals surface area contributed by atoms with Crippen LogP contribution in [0.15, 0.2) is 0 Å². The van der Waals surface area contributed by atoms with E-state index in [0.717, 1.165) is 19.5 Å². The average Bonchev–Trinajstić information content (AvgIpc) is 2.90. The van der Waals surface area contributed by atoms with Crippen LogP contribution < -0.4 is 5.32 Å². The predicted molar refractivity (Wildman–Crippen MR) is 56.2 cm³/mol. The number of hydrogen-bond donors (Lipinski definition) is 1. The van der Waals surface area contributed by atoms with E-state index in [9.17, 15) is 13.2 Å². The lowest BCUT2D eigenvalue weighted by Gasteiger charge is -2.29. The first-order valence-corrected chi connectivity index (χ1v) is 6.02. The van der Waals surface area contributed by atoms with E-state index < -0.39 is 11.7 Å². The first kappa shape index (κ1) is 12.2. The van der Waals surface area contributed by atoms with Gasteiger partial charge in [0, 0.05) is 6.54 Å². The third-order valence-corrected chi connectivity index (χ3v) is 3.83. The standard InChI is InChI=1S/C11H19F3N2/c1-2-15-7-9-3-6-16(8-9)10(4-5-10)11(12,13)14/h9,15H,2-8H2,1H3. The quantitative estimate of drug-likeness (QED) is 0.803. The van der Waals surface area contributed by atoms with Gasteiger partial charge in [-0.05, 0) is 44.8 Å². The fourth-order valence-electron chi connectivity index (χ4n) is 2.63. The zero-order chi connectivity index (χ0) is 11.8. The number of likely N-dealkylation sites (tertiary alicyclic amines) is 1. The molecule has 0 radical (unpaired) electrons. The average molecular weight is 236 g/mol. The molecule has 0 amide bonds. The monoisotopic (exact) mass is 236 g/mol. The number of nitrogens with zero attached hydrogens (tertiary/aromatic N) is 1. The first-order chi connectivity index (χ1) is 7.49. The topological polar surface area (TPSA) is 15.3 Å². The van der Waals surface area contributed by atoms with Gasteiger partial charge in [-0.25, -0.2) is 0 Å². The van der Waals surface area contributed by atoms with Crippen molar-refractivity contribution < 1.29 is 13.2 Å². The lowest BCUT2D eigenvalue weighted by molar-refractivity contribution is -0.193. The summed E-state index contributed by atoms with van der Waals surface area (Å²) in [5.74, 6) is 0.389. The molecule has 94 valence electrons. The molecule has 2 nitrogen and oxygen atoms in total. The van der Waals surface area contributed by atoms with Crippen LogP contribution >= 0.6 is 0 Å². The maximum absolute atomic E-state index is 12.9. The maximum atomic E-state index is 12.9. The van der Waals surface area contributed by atoms with Crippen molar-refractivity contribution in [3.63, 3.8) is 0 Å². The summed E-state index contributed by atoms with van der Waals surface area (Å²) in [6, 6.07) is 0. The molecule has 1 aliphatic heterocycles. The smallest absolute Gasteiger partial charge is 0.317 e. The van der Waals surface area contributed by atoms with Gasteiger partial charge in [0.25, 0.3) is 0 Å². The summed E-state index contributed by atoms with van der Waals surface area (Å²) in [4.78, 5) is 1.66. The molecular weight excluding hydrogens is 217 g/mol. The van der Waals surface area contributed by atoms with Crippen LogP contribution in [-0.2, 0) is 0 Å². The number of nitrogens with one attached hydrogen (secondary N) is 1. The molecule has 2 rings (SSSR count). The van der Waals surface area contributed by atoms with Gasteiger partial charge in [-0.1, -0.05) is 6.92 Å². The minimum absolute atomic E-state index is 0.296. The van der Waals surface area contributed by atoms with E-state index in [0.29, 0.717) is 31.8 Å². The summed E-state index contributed by atoms with van der Waals surface area (Å²) in [7, 11) is 0. The molecule has 1 N–H and O–H groups in total. The zero-order valence-corrected chi connectivity index (χ0v) is 9.61. The minimum atomic E-state index is -4.04. The third-order valence-electron chi connectivity index (χ3n) is 3.83. The van der Waals surface area contributed by atoms with Crippen molar-refractivity contribution in [3.8, 4) is 0 Å². The van der Waals surface area contributed by atoms with E-state index in [1.165, 1.54) is 0 Å². The molecule has 0 aromatic carbocycles. The van der Waals surface area contributed by atoms with Crippen molar-refractivity contribution in [2.45, 2.75) is 37.9 Å². The molecule has 1 saturated carbocycles. The van der Waals surface area contributed by atoms with Crippen molar-refractivity contribution >= 4 is 0 Å². The van der Waals surface area contributed by atoms with Crippen molar-refractivity contribution in [2.75, 3.05) is 26.2 Å². The molecule has 1 atom stereocenters. The van der Waals surface area contributed by atoms with Crippen LogP contribution in [0.2, 0.25) is 0 Å². The van der Waals surface area contributed by atoms with Gasteiger partial charge in [0.15, 0.2) is 0 Å². The number of hydrogen-bond acceptors (Lipinski definition) is 2. The summed E-state index contributed by atoms with van der Waals surface area (Å²) in [6.45, 7) is 4.97. The Labute approximate surface area is 94.2 Å². The second kappa shape index (κ2) is 4.18. The van der Waals surface area contributed by atoms with Gasteiger partial charge in [0.2, 0.25) is 0 Å². The van der Waals surface area contributed by atoms with Crippen LogP contribution in [0.25, 0.3) is 0 Å². The third kappa shape index (κ3) is 2.07. The molecule has 5 heteroatoms.